The average Bonchev–Trinajstić information content (AvgIpc) is 3.57. The summed E-state index contributed by atoms with van der Waals surface area (Å²) in [6.45, 7) is 4.78. The molecule has 32 heavy (non-hydrogen) atoms. The molecule has 1 saturated heterocycles. The topological polar surface area (TPSA) is 152 Å². The van der Waals surface area contributed by atoms with E-state index in [9.17, 15) is 14.4 Å². The number of nitrogens with zero attached hydrogens (tertiary/aromatic N) is 2. The second-order valence-electron chi connectivity index (χ2n) is 8.61. The zero-order valence-electron chi connectivity index (χ0n) is 19.0. The number of carboxylic acid groups (broad SMARTS) is 1. The monoisotopic (exact) mass is 474 g/mol. The summed E-state index contributed by atoms with van der Waals surface area (Å²) in [5.74, 6) is -1.03. The van der Waals surface area contributed by atoms with Crippen molar-refractivity contribution in [2.75, 3.05) is 32.7 Å². The number of rotatable bonds is 13. The van der Waals surface area contributed by atoms with Crippen LogP contribution in [0.3, 0.4) is 0 Å². The molecule has 0 bridgehead atoms. The molecule has 10 nitrogen and oxygen atoms in total. The molecule has 0 aromatic carbocycles. The number of unbranched alkanes of at least 4 members (excludes halogenated alkanes) is 1. The zero-order valence-corrected chi connectivity index (χ0v) is 19.8. The summed E-state index contributed by atoms with van der Waals surface area (Å²) in [6, 6.07) is -0.564. The quantitative estimate of drug-likeness (QED) is 0.150. The van der Waals surface area contributed by atoms with Crippen molar-refractivity contribution in [3.05, 3.63) is 0 Å². The Morgan fingerprint density at radius 2 is 2.00 bits per heavy atom. The normalized spacial score (nSPS) is 18.9. The minimum Gasteiger partial charge on any atom is -0.481 e. The van der Waals surface area contributed by atoms with Gasteiger partial charge in [0.1, 0.15) is 0 Å². The SMILES string of the molecule is CCCCN[C@@H](CC(=O)NC[C@@H]1CCCN(C(=N)N)C1)C(=O)N(CCC(=O)O)C1CC1.Cl. The smallest absolute Gasteiger partial charge is 0.305 e. The van der Waals surface area contributed by atoms with E-state index < -0.39 is 12.0 Å². The van der Waals surface area contributed by atoms with Crippen LogP contribution in [0.2, 0.25) is 0 Å². The fraction of sp³-hybridized carbons (Fsp3) is 0.810. The molecule has 0 spiro atoms. The molecule has 6 N–H and O–H groups in total. The van der Waals surface area contributed by atoms with Gasteiger partial charge < -0.3 is 31.3 Å². The minimum absolute atomic E-state index is 0. The van der Waals surface area contributed by atoms with Crippen LogP contribution in [0.25, 0.3) is 0 Å². The molecule has 11 heteroatoms. The van der Waals surface area contributed by atoms with E-state index in [0.717, 1.165) is 45.1 Å². The van der Waals surface area contributed by atoms with Gasteiger partial charge in [-0.1, -0.05) is 13.3 Å². The maximum Gasteiger partial charge on any atom is 0.305 e. The first-order valence-corrected chi connectivity index (χ1v) is 11.4. The van der Waals surface area contributed by atoms with Gasteiger partial charge >= 0.3 is 5.97 Å². The lowest BCUT2D eigenvalue weighted by atomic mass is 9.98. The van der Waals surface area contributed by atoms with Gasteiger partial charge in [-0.3, -0.25) is 19.8 Å². The number of hydrogen-bond donors (Lipinski definition) is 5. The Balaban J connectivity index is 0.00000512. The summed E-state index contributed by atoms with van der Waals surface area (Å²) < 4.78 is 0. The average molecular weight is 475 g/mol. The molecule has 2 rings (SSSR count). The summed E-state index contributed by atoms with van der Waals surface area (Å²) in [7, 11) is 0. The molecule has 2 atom stereocenters. The highest BCUT2D eigenvalue weighted by molar-refractivity contribution is 5.89. The van der Waals surface area contributed by atoms with Crippen LogP contribution in [-0.2, 0) is 14.4 Å². The lowest BCUT2D eigenvalue weighted by Gasteiger charge is -2.33. The van der Waals surface area contributed by atoms with Crippen molar-refractivity contribution >= 4 is 36.2 Å². The highest BCUT2D eigenvalue weighted by Crippen LogP contribution is 2.28. The number of carbonyl (C=O) groups excluding carboxylic acids is 2. The predicted molar refractivity (Wildman–Crippen MR) is 125 cm³/mol. The molecule has 1 aliphatic carbocycles. The van der Waals surface area contributed by atoms with Gasteiger partial charge in [-0.25, -0.2) is 0 Å². The van der Waals surface area contributed by atoms with Gasteiger partial charge in [-0.2, -0.15) is 0 Å². The van der Waals surface area contributed by atoms with Crippen molar-refractivity contribution in [3.8, 4) is 0 Å². The summed E-state index contributed by atoms with van der Waals surface area (Å²) in [6.07, 6.45) is 5.46. The van der Waals surface area contributed by atoms with Crippen LogP contribution >= 0.6 is 12.4 Å². The lowest BCUT2D eigenvalue weighted by molar-refractivity contribution is -0.140. The van der Waals surface area contributed by atoms with E-state index in [1.165, 1.54) is 0 Å². The van der Waals surface area contributed by atoms with Crippen molar-refractivity contribution < 1.29 is 19.5 Å². The Bertz CT molecular complexity index is 646. The molecule has 0 radical (unpaired) electrons. The summed E-state index contributed by atoms with van der Waals surface area (Å²) >= 11 is 0. The summed E-state index contributed by atoms with van der Waals surface area (Å²) in [4.78, 5) is 40.2. The van der Waals surface area contributed by atoms with Gasteiger partial charge in [-0.15, -0.1) is 12.4 Å². The molecule has 2 aliphatic rings. The maximum atomic E-state index is 13.1. The number of piperidine rings is 1. The van der Waals surface area contributed by atoms with Crippen LogP contribution in [0.5, 0.6) is 0 Å². The lowest BCUT2D eigenvalue weighted by Crippen LogP contribution is -2.51. The molecule has 1 aliphatic heterocycles. The van der Waals surface area contributed by atoms with Crippen molar-refractivity contribution in [1.82, 2.24) is 20.4 Å². The van der Waals surface area contributed by atoms with Gasteiger partial charge in [0, 0.05) is 32.2 Å². The molecule has 184 valence electrons. The number of aliphatic carboxylic acids is 1. The van der Waals surface area contributed by atoms with Crippen molar-refractivity contribution in [2.45, 2.75) is 70.4 Å². The number of guanidine groups is 1. The van der Waals surface area contributed by atoms with E-state index in [2.05, 4.69) is 17.6 Å². The number of hydrogen-bond acceptors (Lipinski definition) is 5. The van der Waals surface area contributed by atoms with Crippen molar-refractivity contribution in [1.29, 1.82) is 5.41 Å². The number of nitrogens with one attached hydrogen (secondary N) is 3. The van der Waals surface area contributed by atoms with Crippen molar-refractivity contribution in [2.24, 2.45) is 11.7 Å². The molecule has 1 heterocycles. The first-order chi connectivity index (χ1) is 14.8. The predicted octanol–water partition coefficient (Wildman–Crippen LogP) is 0.744. The molecular formula is C21H39ClN6O4. The van der Waals surface area contributed by atoms with Crippen LogP contribution < -0.4 is 16.4 Å². The van der Waals surface area contributed by atoms with E-state index in [1.54, 1.807) is 4.90 Å². The third-order valence-electron chi connectivity index (χ3n) is 5.89. The summed E-state index contributed by atoms with van der Waals surface area (Å²) in [5.41, 5.74) is 5.58. The van der Waals surface area contributed by atoms with E-state index in [4.69, 9.17) is 16.2 Å². The van der Waals surface area contributed by atoms with Gasteiger partial charge in [0.05, 0.1) is 18.9 Å². The second-order valence-corrected chi connectivity index (χ2v) is 8.61. The number of carbonyl (C=O) groups is 3. The molecule has 2 fully saturated rings. The van der Waals surface area contributed by atoms with Gasteiger partial charge in [0.25, 0.3) is 0 Å². The van der Waals surface area contributed by atoms with Crippen LogP contribution in [0.15, 0.2) is 0 Å². The standard InChI is InChI=1S/C21H38N6O4.ClH/c1-2-3-9-24-17(20(31)27(16-6-7-16)11-8-19(29)30)12-18(28)25-13-15-5-4-10-26(14-15)21(22)23;/h15-17,24H,2-14H2,1H3,(H3,22,23)(H,25,28)(H,29,30);1H/t15-,17-;/m0./s1. The first kappa shape index (κ1) is 28.0. The number of halogens is 1. The number of amides is 2. The van der Waals surface area contributed by atoms with Gasteiger partial charge in [0.15, 0.2) is 5.96 Å². The fourth-order valence-corrected chi connectivity index (χ4v) is 3.94. The van der Waals surface area contributed by atoms with Crippen LogP contribution in [0.4, 0.5) is 0 Å². The molecule has 0 unspecified atom stereocenters. The Morgan fingerprint density at radius 3 is 2.59 bits per heavy atom. The van der Waals surface area contributed by atoms with Crippen LogP contribution in [0.1, 0.15) is 58.3 Å². The molecule has 1 saturated carbocycles. The second kappa shape index (κ2) is 14.2. The summed E-state index contributed by atoms with van der Waals surface area (Å²) in [5, 5.41) is 22.7. The number of likely N-dealkylation sites (tertiary alicyclic amines) is 1. The zero-order chi connectivity index (χ0) is 22.8. The van der Waals surface area contributed by atoms with Gasteiger partial charge in [-0.05, 0) is 44.6 Å². The number of nitrogens with two attached hydrogens (primary N) is 1. The Hall–Kier alpha value is -2.07. The number of carboxylic acids is 1. The van der Waals surface area contributed by atoms with E-state index in [0.29, 0.717) is 19.6 Å². The minimum atomic E-state index is -0.932. The van der Waals surface area contributed by atoms with Gasteiger partial charge in [0.2, 0.25) is 11.8 Å². The van der Waals surface area contributed by atoms with Crippen LogP contribution in [-0.4, -0.2) is 83.5 Å². The third-order valence-corrected chi connectivity index (χ3v) is 5.89. The Morgan fingerprint density at radius 1 is 1.28 bits per heavy atom. The molecule has 0 aromatic heterocycles. The fourth-order valence-electron chi connectivity index (χ4n) is 3.94. The molecule has 2 amide bonds. The van der Waals surface area contributed by atoms with Crippen molar-refractivity contribution in [3.63, 3.8) is 0 Å². The molecule has 0 aromatic rings. The van der Waals surface area contributed by atoms with E-state index in [1.807, 2.05) is 4.90 Å². The maximum absolute atomic E-state index is 13.1. The Kier molecular flexibility index (Phi) is 12.4. The largest absolute Gasteiger partial charge is 0.481 e. The molecular weight excluding hydrogens is 436 g/mol. The van der Waals surface area contributed by atoms with Crippen LogP contribution in [0, 0.1) is 11.3 Å². The van der Waals surface area contributed by atoms with E-state index in [-0.39, 0.29) is 61.5 Å². The van der Waals surface area contributed by atoms with E-state index >= 15 is 0 Å². The highest BCUT2D eigenvalue weighted by atomic mass is 35.5. The Labute approximate surface area is 196 Å². The third kappa shape index (κ3) is 9.60. The first-order valence-electron chi connectivity index (χ1n) is 11.4. The highest BCUT2D eigenvalue weighted by Gasteiger charge is 2.36.